The quantitative estimate of drug-likeness (QED) is 0.810. The highest BCUT2D eigenvalue weighted by Crippen LogP contribution is 2.25. The molecule has 4 nitrogen and oxygen atoms in total. The van der Waals surface area contributed by atoms with Crippen molar-refractivity contribution in [3.63, 3.8) is 0 Å². The van der Waals surface area contributed by atoms with E-state index in [-0.39, 0.29) is 10.0 Å². The molecule has 6 heteroatoms. The molecule has 1 aromatic carbocycles. The Morgan fingerprint density at radius 3 is 2.45 bits per heavy atom. The molecule has 0 fully saturated rings. The molecule has 3 rings (SSSR count). The Morgan fingerprint density at radius 1 is 1.09 bits per heavy atom. The van der Waals surface area contributed by atoms with Crippen LogP contribution in [0.5, 0.6) is 0 Å². The maximum atomic E-state index is 12.6. The first-order valence-electron chi connectivity index (χ1n) is 6.93. The maximum absolute atomic E-state index is 12.6. The molecule has 2 aromatic rings. The van der Waals surface area contributed by atoms with Crippen molar-refractivity contribution in [1.82, 2.24) is 9.29 Å². The van der Waals surface area contributed by atoms with E-state index in [0.29, 0.717) is 19.5 Å². The van der Waals surface area contributed by atoms with Gasteiger partial charge in [0.05, 0.1) is 0 Å². The van der Waals surface area contributed by atoms with E-state index < -0.39 is 10.0 Å². The lowest BCUT2D eigenvalue weighted by atomic mass is 10.0. The Kier molecular flexibility index (Phi) is 4.29. The third-order valence-corrected chi connectivity index (χ3v) is 5.73. The number of sulfonamides is 1. The number of hydrogen-bond donors (Lipinski definition) is 0. The Labute approximate surface area is 135 Å². The third kappa shape index (κ3) is 3.06. The fraction of sp³-hybridized carbons (Fsp3) is 0.188. The first kappa shape index (κ1) is 15.2. The summed E-state index contributed by atoms with van der Waals surface area (Å²) < 4.78 is 26.6. The lowest BCUT2D eigenvalue weighted by Crippen LogP contribution is -2.34. The number of nitrogens with zero attached hydrogens (tertiary/aromatic N) is 2. The largest absolute Gasteiger partial charge is 0.244 e. The van der Waals surface area contributed by atoms with Gasteiger partial charge in [0.1, 0.15) is 10.0 Å². The molecular weight excluding hydrogens is 320 g/mol. The van der Waals surface area contributed by atoms with Crippen molar-refractivity contribution in [2.24, 2.45) is 0 Å². The molecule has 0 unspecified atom stereocenters. The molecule has 1 aliphatic heterocycles. The monoisotopic (exact) mass is 334 g/mol. The van der Waals surface area contributed by atoms with Crippen LogP contribution < -0.4 is 0 Å². The van der Waals surface area contributed by atoms with E-state index in [2.05, 4.69) is 4.98 Å². The van der Waals surface area contributed by atoms with Crippen LogP contribution >= 0.6 is 11.6 Å². The van der Waals surface area contributed by atoms with Crippen molar-refractivity contribution in [1.29, 1.82) is 0 Å². The molecule has 0 amide bonds. The molecule has 114 valence electrons. The highest BCUT2D eigenvalue weighted by molar-refractivity contribution is 7.89. The van der Waals surface area contributed by atoms with Crippen molar-refractivity contribution < 1.29 is 8.42 Å². The van der Waals surface area contributed by atoms with Gasteiger partial charge in [-0.25, -0.2) is 13.4 Å². The van der Waals surface area contributed by atoms with Gasteiger partial charge in [-0.2, -0.15) is 4.31 Å². The fourth-order valence-corrected chi connectivity index (χ4v) is 3.89. The molecule has 0 aliphatic carbocycles. The number of benzene rings is 1. The number of hydrogen-bond acceptors (Lipinski definition) is 3. The number of rotatable bonds is 3. The van der Waals surface area contributed by atoms with Gasteiger partial charge in [0.25, 0.3) is 0 Å². The van der Waals surface area contributed by atoms with E-state index >= 15 is 0 Å². The molecule has 0 spiro atoms. The van der Waals surface area contributed by atoms with Crippen molar-refractivity contribution in [3.05, 3.63) is 65.5 Å². The minimum Gasteiger partial charge on any atom is -0.243 e. The van der Waals surface area contributed by atoms with Crippen LogP contribution in [0.25, 0.3) is 5.57 Å². The van der Waals surface area contributed by atoms with Crippen molar-refractivity contribution >= 4 is 27.2 Å². The molecule has 2 heterocycles. The predicted molar refractivity (Wildman–Crippen MR) is 87.0 cm³/mol. The van der Waals surface area contributed by atoms with Crippen LogP contribution in [0.3, 0.4) is 0 Å². The second kappa shape index (κ2) is 6.20. The van der Waals surface area contributed by atoms with Crippen LogP contribution in [0.15, 0.2) is 59.6 Å². The lowest BCUT2D eigenvalue weighted by Gasteiger charge is -2.25. The van der Waals surface area contributed by atoms with E-state index in [0.717, 1.165) is 5.56 Å². The van der Waals surface area contributed by atoms with Gasteiger partial charge in [-0.3, -0.25) is 0 Å². The highest BCUT2D eigenvalue weighted by Gasteiger charge is 2.26. The second-order valence-electron chi connectivity index (χ2n) is 5.03. The summed E-state index contributed by atoms with van der Waals surface area (Å²) in [7, 11) is -3.52. The van der Waals surface area contributed by atoms with E-state index in [1.165, 1.54) is 28.2 Å². The zero-order valence-electron chi connectivity index (χ0n) is 11.8. The first-order valence-corrected chi connectivity index (χ1v) is 8.75. The predicted octanol–water partition coefficient (Wildman–Crippen LogP) is 3.21. The molecule has 0 N–H and O–H groups in total. The molecule has 0 bridgehead atoms. The summed E-state index contributed by atoms with van der Waals surface area (Å²) in [5, 5.41) is 0.281. The van der Waals surface area contributed by atoms with Crippen molar-refractivity contribution in [2.75, 3.05) is 13.1 Å². The van der Waals surface area contributed by atoms with E-state index in [1.54, 1.807) is 0 Å². The smallest absolute Gasteiger partial charge is 0.243 e. The number of aromatic nitrogens is 1. The molecule has 0 saturated heterocycles. The van der Waals surface area contributed by atoms with Gasteiger partial charge in [-0.05, 0) is 29.7 Å². The van der Waals surface area contributed by atoms with Crippen LogP contribution in [0.2, 0.25) is 5.15 Å². The molecule has 0 radical (unpaired) electrons. The lowest BCUT2D eigenvalue weighted by molar-refractivity contribution is 0.441. The van der Waals surface area contributed by atoms with E-state index in [1.807, 2.05) is 36.4 Å². The Bertz CT molecular complexity index is 787. The van der Waals surface area contributed by atoms with Gasteiger partial charge < -0.3 is 0 Å². The second-order valence-corrected chi connectivity index (χ2v) is 7.35. The van der Waals surface area contributed by atoms with Crippen molar-refractivity contribution in [3.8, 4) is 0 Å². The Hall–Kier alpha value is -1.69. The highest BCUT2D eigenvalue weighted by atomic mass is 35.5. The normalized spacial score (nSPS) is 16.3. The summed E-state index contributed by atoms with van der Waals surface area (Å²) >= 11 is 5.71. The SMILES string of the molecule is O=S(=O)(c1ccc(Cl)nc1)N1CC=C(c2ccccc2)CC1. The van der Waals surface area contributed by atoms with Gasteiger partial charge >= 0.3 is 0 Å². The number of halogens is 1. The average Bonchev–Trinajstić information content (AvgIpc) is 2.56. The summed E-state index contributed by atoms with van der Waals surface area (Å²) in [6.45, 7) is 0.834. The number of pyridine rings is 1. The van der Waals surface area contributed by atoms with Gasteiger partial charge in [-0.15, -0.1) is 0 Å². The molecule has 1 aromatic heterocycles. The summed E-state index contributed by atoms with van der Waals surface area (Å²) in [6.07, 6.45) is 3.97. The minimum absolute atomic E-state index is 0.175. The van der Waals surface area contributed by atoms with Gasteiger partial charge in [0.2, 0.25) is 10.0 Å². The zero-order chi connectivity index (χ0) is 15.6. The van der Waals surface area contributed by atoms with Crippen LogP contribution in [0.4, 0.5) is 0 Å². The topological polar surface area (TPSA) is 50.3 Å². The van der Waals surface area contributed by atoms with Crippen molar-refractivity contribution in [2.45, 2.75) is 11.3 Å². The molecule has 0 atom stereocenters. The summed E-state index contributed by atoms with van der Waals surface area (Å²) in [5.74, 6) is 0. The first-order chi connectivity index (χ1) is 10.6. The van der Waals surface area contributed by atoms with Crippen LogP contribution in [-0.4, -0.2) is 30.8 Å². The molecular formula is C16H15ClN2O2S. The van der Waals surface area contributed by atoms with Gasteiger partial charge in [-0.1, -0.05) is 48.0 Å². The van der Waals surface area contributed by atoms with E-state index in [9.17, 15) is 8.42 Å². The zero-order valence-corrected chi connectivity index (χ0v) is 13.4. The maximum Gasteiger partial charge on any atom is 0.244 e. The average molecular weight is 335 g/mol. The summed E-state index contributed by atoms with van der Waals surface area (Å²) in [4.78, 5) is 4.02. The van der Waals surface area contributed by atoms with Crippen LogP contribution in [0, 0.1) is 0 Å². The molecule has 1 aliphatic rings. The third-order valence-electron chi connectivity index (χ3n) is 3.65. The van der Waals surface area contributed by atoms with Crippen LogP contribution in [-0.2, 0) is 10.0 Å². The summed E-state index contributed by atoms with van der Waals surface area (Å²) in [6, 6.07) is 13.0. The van der Waals surface area contributed by atoms with Gasteiger partial charge in [0.15, 0.2) is 0 Å². The van der Waals surface area contributed by atoms with Crippen LogP contribution in [0.1, 0.15) is 12.0 Å². The molecule has 22 heavy (non-hydrogen) atoms. The molecule has 0 saturated carbocycles. The van der Waals surface area contributed by atoms with Gasteiger partial charge in [0, 0.05) is 19.3 Å². The Morgan fingerprint density at radius 2 is 1.86 bits per heavy atom. The minimum atomic E-state index is -3.52. The van der Waals surface area contributed by atoms with E-state index in [4.69, 9.17) is 11.6 Å². The Balaban J connectivity index is 1.81. The fourth-order valence-electron chi connectivity index (χ4n) is 2.45. The standard InChI is InChI=1S/C16H15ClN2O2S/c17-16-7-6-15(12-18-16)22(20,21)19-10-8-14(9-11-19)13-4-2-1-3-5-13/h1-8,12H,9-11H2. The summed E-state index contributed by atoms with van der Waals surface area (Å²) in [5.41, 5.74) is 2.33.